The molecule has 0 saturated carbocycles. The monoisotopic (exact) mass is 665 g/mol. The number of tetrazole rings is 1. The first-order valence-corrected chi connectivity index (χ1v) is 15.2. The zero-order chi connectivity index (χ0) is 33.7. The van der Waals surface area contributed by atoms with E-state index < -0.39 is 29.6 Å². The summed E-state index contributed by atoms with van der Waals surface area (Å²) in [4.78, 5) is 57.8. The van der Waals surface area contributed by atoms with Crippen LogP contribution in [0.25, 0.3) is 22.7 Å². The summed E-state index contributed by atoms with van der Waals surface area (Å²) in [5.41, 5.74) is 1.08. The summed E-state index contributed by atoms with van der Waals surface area (Å²) in [6.45, 7) is 1.19. The van der Waals surface area contributed by atoms with Crippen molar-refractivity contribution in [3.05, 3.63) is 70.9 Å². The van der Waals surface area contributed by atoms with Crippen LogP contribution in [0.1, 0.15) is 41.7 Å². The fourth-order valence-electron chi connectivity index (χ4n) is 5.45. The Bertz CT molecular complexity index is 1820. The van der Waals surface area contributed by atoms with E-state index in [2.05, 4.69) is 36.0 Å². The molecule has 3 heterocycles. The van der Waals surface area contributed by atoms with Crippen molar-refractivity contribution in [3.8, 4) is 5.69 Å². The molecule has 14 nitrogen and oxygen atoms in total. The summed E-state index contributed by atoms with van der Waals surface area (Å²) < 4.78 is 16.2. The highest BCUT2D eigenvalue weighted by Crippen LogP contribution is 2.26. The van der Waals surface area contributed by atoms with Crippen molar-refractivity contribution in [2.24, 2.45) is 0 Å². The molecule has 47 heavy (non-hydrogen) atoms. The molecule has 1 atom stereocenters. The number of rotatable bonds is 11. The first kappa shape index (κ1) is 33.2. The number of aromatic nitrogens is 5. The highest BCUT2D eigenvalue weighted by atomic mass is 35.5. The van der Waals surface area contributed by atoms with E-state index in [1.54, 1.807) is 23.1 Å². The molecule has 16 heteroatoms. The molecular formula is C31H33ClFN9O5. The quantitative estimate of drug-likeness (QED) is 0.175. The largest absolute Gasteiger partial charge is 0.477 e. The third-order valence-electron chi connectivity index (χ3n) is 8.05. The number of carboxylic acids is 1. The Hall–Kier alpha value is -5.15. The zero-order valence-electron chi connectivity index (χ0n) is 25.6. The number of halogens is 2. The maximum Gasteiger partial charge on any atom is 0.352 e. The summed E-state index contributed by atoms with van der Waals surface area (Å²) in [6, 6.07) is 8.31. The molecule has 4 N–H and O–H groups in total. The molecule has 1 aliphatic heterocycles. The van der Waals surface area contributed by atoms with Crippen LogP contribution >= 0.6 is 11.6 Å². The molecule has 246 valence electrons. The van der Waals surface area contributed by atoms with Crippen LogP contribution in [0, 0.1) is 5.82 Å². The number of carbonyl (C=O) groups is 4. The van der Waals surface area contributed by atoms with Gasteiger partial charge in [-0.1, -0.05) is 11.6 Å². The fourth-order valence-corrected chi connectivity index (χ4v) is 5.61. The number of nitrogens with one attached hydrogen (secondary N) is 3. The molecule has 1 unspecified atom stereocenters. The lowest BCUT2D eigenvalue weighted by atomic mass is 10.0. The van der Waals surface area contributed by atoms with Crippen molar-refractivity contribution >= 4 is 58.0 Å². The Kier molecular flexibility index (Phi) is 10.3. The third-order valence-corrected chi connectivity index (χ3v) is 8.34. The maximum absolute atomic E-state index is 15.0. The Morgan fingerprint density at radius 2 is 1.94 bits per heavy atom. The number of hydrogen-bond donors (Lipinski definition) is 4. The van der Waals surface area contributed by atoms with Gasteiger partial charge in [0.25, 0.3) is 0 Å². The first-order chi connectivity index (χ1) is 22.5. The normalized spacial score (nSPS) is 14.5. The van der Waals surface area contributed by atoms with Gasteiger partial charge >= 0.3 is 5.97 Å². The van der Waals surface area contributed by atoms with Crippen LogP contribution in [0.15, 0.2) is 48.8 Å². The number of likely N-dealkylation sites (tertiary alicyclic amines) is 1. The van der Waals surface area contributed by atoms with Gasteiger partial charge < -0.3 is 30.5 Å². The molecule has 5 rings (SSSR count). The molecule has 0 radical (unpaired) electrons. The van der Waals surface area contributed by atoms with Gasteiger partial charge in [0.1, 0.15) is 18.1 Å². The molecule has 3 amide bonds. The Labute approximate surface area is 273 Å². The van der Waals surface area contributed by atoms with E-state index in [-0.39, 0.29) is 40.7 Å². The van der Waals surface area contributed by atoms with Crippen LogP contribution in [0.3, 0.4) is 0 Å². The first-order valence-electron chi connectivity index (χ1n) is 14.8. The van der Waals surface area contributed by atoms with Crippen LogP contribution in [0.2, 0.25) is 5.02 Å². The number of piperidine rings is 1. The average Bonchev–Trinajstić information content (AvgIpc) is 3.74. The second-order valence-corrected chi connectivity index (χ2v) is 11.7. The van der Waals surface area contributed by atoms with Crippen LogP contribution in [-0.4, -0.2) is 103 Å². The van der Waals surface area contributed by atoms with E-state index in [1.165, 1.54) is 35.3 Å². The average molecular weight is 666 g/mol. The van der Waals surface area contributed by atoms with Gasteiger partial charge in [-0.05, 0) is 86.3 Å². The number of aromatic amines is 1. The zero-order valence-corrected chi connectivity index (χ0v) is 26.4. The highest BCUT2D eigenvalue weighted by Gasteiger charge is 2.27. The predicted octanol–water partition coefficient (Wildman–Crippen LogP) is 3.10. The van der Waals surface area contributed by atoms with Crippen LogP contribution < -0.4 is 10.6 Å². The molecule has 2 aromatic carbocycles. The molecular weight excluding hydrogens is 633 g/mol. The summed E-state index contributed by atoms with van der Waals surface area (Å²) in [5.74, 6) is -3.37. The van der Waals surface area contributed by atoms with E-state index in [1.807, 2.05) is 14.1 Å². The minimum Gasteiger partial charge on any atom is -0.477 e. The number of H-pyrrole nitrogens is 1. The van der Waals surface area contributed by atoms with Crippen molar-refractivity contribution in [1.29, 1.82) is 0 Å². The van der Waals surface area contributed by atoms with Gasteiger partial charge in [0.05, 0.1) is 10.7 Å². The summed E-state index contributed by atoms with van der Waals surface area (Å²) in [7, 11) is 4.02. The highest BCUT2D eigenvalue weighted by molar-refractivity contribution is 6.31. The number of hydrogen-bond acceptors (Lipinski definition) is 8. The van der Waals surface area contributed by atoms with Gasteiger partial charge in [-0.25, -0.2) is 9.18 Å². The van der Waals surface area contributed by atoms with Crippen LogP contribution in [0.5, 0.6) is 0 Å². The fraction of sp³-hybridized carbons (Fsp3) is 0.323. The van der Waals surface area contributed by atoms with Gasteiger partial charge in [-0.2, -0.15) is 4.68 Å². The lowest BCUT2D eigenvalue weighted by Crippen LogP contribution is -2.46. The van der Waals surface area contributed by atoms with Crippen molar-refractivity contribution in [2.75, 3.05) is 32.5 Å². The van der Waals surface area contributed by atoms with E-state index in [9.17, 15) is 24.3 Å². The van der Waals surface area contributed by atoms with E-state index in [4.69, 9.17) is 11.6 Å². The number of benzene rings is 2. The Balaban J connectivity index is 1.32. The Morgan fingerprint density at radius 3 is 2.62 bits per heavy atom. The minimum atomic E-state index is -1.14. The van der Waals surface area contributed by atoms with Crippen molar-refractivity contribution < 1.29 is 28.7 Å². The van der Waals surface area contributed by atoms with E-state index in [0.717, 1.165) is 18.9 Å². The van der Waals surface area contributed by atoms with Gasteiger partial charge in [0.15, 0.2) is 5.82 Å². The number of amides is 3. The van der Waals surface area contributed by atoms with Gasteiger partial charge in [0, 0.05) is 53.8 Å². The summed E-state index contributed by atoms with van der Waals surface area (Å²) >= 11 is 5.98. The standard InChI is InChI=1S/C31H33ClFN9O5/c1-40(2)20-11-13-41(14-12-20)28(44)10-7-24(30(45)35-19-3-6-23-18(15-19)16-25(36-23)31(46)47)37-27(43)9-4-21-26(42-17-34-38-39-42)8-5-22(32)29(21)33/h3-6,8-9,15-17,20,24,36H,7,10-14H2,1-2H3,(H,35,45)(H,37,43)(H,46,47)/b9-4+. The van der Waals surface area contributed by atoms with Crippen molar-refractivity contribution in [2.45, 2.75) is 37.8 Å². The number of fused-ring (bicyclic) bond motifs is 1. The molecule has 1 fully saturated rings. The number of carbonyl (C=O) groups excluding carboxylic acids is 3. The van der Waals surface area contributed by atoms with Gasteiger partial charge in [0.2, 0.25) is 17.7 Å². The van der Waals surface area contributed by atoms with Gasteiger partial charge in [-0.15, -0.1) is 5.10 Å². The summed E-state index contributed by atoms with van der Waals surface area (Å²) in [5, 5.41) is 25.9. The minimum absolute atomic E-state index is 0.000102. The van der Waals surface area contributed by atoms with E-state index in [0.29, 0.717) is 35.7 Å². The molecule has 2 aromatic heterocycles. The second kappa shape index (κ2) is 14.5. The smallest absolute Gasteiger partial charge is 0.352 e. The SMILES string of the molecule is CN(C)C1CCN(C(=O)CCC(NC(=O)/C=C/c2c(-n3cnnn3)ccc(Cl)c2F)C(=O)Nc2ccc3[nH]c(C(=O)O)cc3c2)CC1. The lowest BCUT2D eigenvalue weighted by Gasteiger charge is -2.35. The van der Waals surface area contributed by atoms with Crippen molar-refractivity contribution in [3.63, 3.8) is 0 Å². The summed E-state index contributed by atoms with van der Waals surface area (Å²) in [6.07, 6.45) is 5.17. The topological polar surface area (TPSA) is 178 Å². The number of carboxylic acid groups (broad SMARTS) is 1. The number of anilines is 1. The second-order valence-electron chi connectivity index (χ2n) is 11.3. The lowest BCUT2D eigenvalue weighted by molar-refractivity contribution is -0.133. The maximum atomic E-state index is 15.0. The number of aromatic carboxylic acids is 1. The molecule has 1 saturated heterocycles. The molecule has 4 aromatic rings. The molecule has 0 spiro atoms. The Morgan fingerprint density at radius 1 is 1.17 bits per heavy atom. The molecule has 0 aliphatic carbocycles. The molecule has 1 aliphatic rings. The van der Waals surface area contributed by atoms with Crippen LogP contribution in [0.4, 0.5) is 10.1 Å². The van der Waals surface area contributed by atoms with Crippen molar-refractivity contribution in [1.82, 2.24) is 40.3 Å². The predicted molar refractivity (Wildman–Crippen MR) is 171 cm³/mol. The number of nitrogens with zero attached hydrogens (tertiary/aromatic N) is 6. The van der Waals surface area contributed by atoms with Gasteiger partial charge in [-0.3, -0.25) is 14.4 Å². The molecule has 0 bridgehead atoms. The van der Waals surface area contributed by atoms with Crippen LogP contribution in [-0.2, 0) is 14.4 Å². The van der Waals surface area contributed by atoms with E-state index >= 15 is 4.39 Å². The third kappa shape index (κ3) is 7.99.